The molecule has 0 N–H and O–H groups in total. The lowest BCUT2D eigenvalue weighted by molar-refractivity contribution is 0.305. The van der Waals surface area contributed by atoms with Crippen LogP contribution in [-0.2, 0) is 6.61 Å². The molecule has 1 heterocycles. The van der Waals surface area contributed by atoms with E-state index in [9.17, 15) is 4.79 Å². The van der Waals surface area contributed by atoms with Gasteiger partial charge in [-0.2, -0.15) is 9.78 Å². The normalized spacial score (nSPS) is 11.4. The van der Waals surface area contributed by atoms with Crippen LogP contribution in [0.25, 0.3) is 33.1 Å². The quantitative estimate of drug-likeness (QED) is 0.199. The highest BCUT2D eigenvalue weighted by atomic mass is 79.9. The van der Waals surface area contributed by atoms with Gasteiger partial charge in [-0.15, -0.1) is 0 Å². The highest BCUT2D eigenvalue weighted by Gasteiger charge is 2.12. The summed E-state index contributed by atoms with van der Waals surface area (Å²) in [5.41, 5.74) is 3.16. The van der Waals surface area contributed by atoms with Crippen LogP contribution < -0.4 is 10.3 Å². The average molecular weight is 560 g/mol. The van der Waals surface area contributed by atoms with Gasteiger partial charge in [-0.05, 0) is 68.2 Å². The van der Waals surface area contributed by atoms with E-state index in [1.807, 2.05) is 84.9 Å². The minimum atomic E-state index is -0.222. The second kappa shape index (κ2) is 10.4. The Labute approximate surface area is 227 Å². The van der Waals surface area contributed by atoms with Gasteiger partial charge in [-0.3, -0.25) is 4.79 Å². The number of rotatable bonds is 6. The van der Waals surface area contributed by atoms with Crippen LogP contribution in [0.4, 0.5) is 0 Å². The second-order valence-electron chi connectivity index (χ2n) is 8.80. The monoisotopic (exact) mass is 559 g/mol. The molecule has 0 saturated carbocycles. The summed E-state index contributed by atoms with van der Waals surface area (Å²) in [6.45, 7) is 0.450. The van der Waals surface area contributed by atoms with E-state index in [-0.39, 0.29) is 5.56 Å². The Kier molecular flexibility index (Phi) is 6.54. The minimum Gasteiger partial charge on any atom is -0.488 e. The molecule has 6 aromatic rings. The molecule has 0 aliphatic heterocycles. The van der Waals surface area contributed by atoms with Gasteiger partial charge in [0.1, 0.15) is 12.4 Å². The number of para-hydroxylation sites is 1. The number of fused-ring (bicyclic) bond motifs is 2. The number of hydrogen-bond donors (Lipinski definition) is 0. The standard InChI is InChI=1S/C32H22BrN3O2/c33-28-19-22(17-18-30(28)38-21-25-13-8-12-23-9-4-5-14-26(23)25)20-34-36-31(24-10-2-1-3-11-24)35-29-16-7-6-15-27(29)32(36)37/h1-20H,21H2. The van der Waals surface area contributed by atoms with E-state index in [1.54, 1.807) is 12.3 Å². The van der Waals surface area contributed by atoms with Crippen molar-refractivity contribution in [1.29, 1.82) is 0 Å². The summed E-state index contributed by atoms with van der Waals surface area (Å²) in [5.74, 6) is 1.21. The summed E-state index contributed by atoms with van der Waals surface area (Å²) in [4.78, 5) is 18.1. The first kappa shape index (κ1) is 23.8. The molecule has 0 saturated heterocycles. The topological polar surface area (TPSA) is 56.5 Å². The van der Waals surface area contributed by atoms with Gasteiger partial charge in [0.2, 0.25) is 0 Å². The molecule has 184 valence electrons. The molecular formula is C32H22BrN3O2. The molecule has 6 rings (SSSR count). The van der Waals surface area contributed by atoms with Crippen molar-refractivity contribution in [3.63, 3.8) is 0 Å². The lowest BCUT2D eigenvalue weighted by Gasteiger charge is -2.11. The van der Waals surface area contributed by atoms with Crippen molar-refractivity contribution in [3.05, 3.63) is 141 Å². The fraction of sp³-hybridized carbons (Fsp3) is 0.0312. The molecular weight excluding hydrogens is 538 g/mol. The van der Waals surface area contributed by atoms with E-state index in [4.69, 9.17) is 9.72 Å². The lowest BCUT2D eigenvalue weighted by Crippen LogP contribution is -2.20. The van der Waals surface area contributed by atoms with E-state index in [2.05, 4.69) is 45.3 Å². The van der Waals surface area contributed by atoms with Gasteiger partial charge in [0, 0.05) is 5.56 Å². The Balaban J connectivity index is 1.30. The van der Waals surface area contributed by atoms with E-state index >= 15 is 0 Å². The maximum atomic E-state index is 13.4. The SMILES string of the molecule is O=c1c2ccccc2nc(-c2ccccc2)n1N=Cc1ccc(OCc2cccc3ccccc23)c(Br)c1. The van der Waals surface area contributed by atoms with Crippen LogP contribution in [-0.4, -0.2) is 15.9 Å². The Hall–Kier alpha value is -4.55. The number of halogens is 1. The maximum absolute atomic E-state index is 13.4. The van der Waals surface area contributed by atoms with Crippen molar-refractivity contribution >= 4 is 43.8 Å². The molecule has 6 heteroatoms. The molecule has 0 bridgehead atoms. The van der Waals surface area contributed by atoms with Crippen molar-refractivity contribution < 1.29 is 4.74 Å². The third kappa shape index (κ3) is 4.74. The Morgan fingerprint density at radius 3 is 2.39 bits per heavy atom. The lowest BCUT2D eigenvalue weighted by atomic mass is 10.1. The predicted octanol–water partition coefficient (Wildman–Crippen LogP) is 7.44. The molecule has 0 atom stereocenters. The summed E-state index contributed by atoms with van der Waals surface area (Å²) < 4.78 is 8.29. The van der Waals surface area contributed by atoms with Crippen molar-refractivity contribution in [1.82, 2.24) is 9.66 Å². The maximum Gasteiger partial charge on any atom is 0.282 e. The molecule has 1 aromatic heterocycles. The fourth-order valence-electron chi connectivity index (χ4n) is 4.42. The molecule has 0 spiro atoms. The summed E-state index contributed by atoms with van der Waals surface area (Å²) in [6, 6.07) is 37.1. The highest BCUT2D eigenvalue weighted by Crippen LogP contribution is 2.28. The molecule has 0 aliphatic rings. The van der Waals surface area contributed by atoms with Crippen LogP contribution in [0, 0.1) is 0 Å². The van der Waals surface area contributed by atoms with Gasteiger partial charge >= 0.3 is 0 Å². The van der Waals surface area contributed by atoms with Gasteiger partial charge in [-0.1, -0.05) is 84.9 Å². The van der Waals surface area contributed by atoms with Gasteiger partial charge < -0.3 is 4.74 Å². The number of aromatic nitrogens is 2. The average Bonchev–Trinajstić information content (AvgIpc) is 2.96. The predicted molar refractivity (Wildman–Crippen MR) is 157 cm³/mol. The molecule has 5 aromatic carbocycles. The zero-order chi connectivity index (χ0) is 25.9. The fourth-order valence-corrected chi connectivity index (χ4v) is 4.93. The van der Waals surface area contributed by atoms with Gasteiger partial charge in [-0.25, -0.2) is 4.98 Å². The first-order chi connectivity index (χ1) is 18.7. The summed E-state index contributed by atoms with van der Waals surface area (Å²) >= 11 is 3.63. The van der Waals surface area contributed by atoms with Crippen LogP contribution >= 0.6 is 15.9 Å². The third-order valence-corrected chi connectivity index (χ3v) is 6.95. The number of ether oxygens (including phenoxy) is 1. The smallest absolute Gasteiger partial charge is 0.282 e. The Morgan fingerprint density at radius 1 is 0.816 bits per heavy atom. The van der Waals surface area contributed by atoms with Crippen LogP contribution in [0.3, 0.4) is 0 Å². The Morgan fingerprint density at radius 2 is 1.55 bits per heavy atom. The number of hydrogen-bond acceptors (Lipinski definition) is 4. The number of nitrogens with zero attached hydrogens (tertiary/aromatic N) is 3. The Bertz CT molecular complexity index is 1860. The van der Waals surface area contributed by atoms with E-state index in [0.29, 0.717) is 23.3 Å². The molecule has 0 aliphatic carbocycles. The van der Waals surface area contributed by atoms with Gasteiger partial charge in [0.05, 0.1) is 21.6 Å². The summed E-state index contributed by atoms with van der Waals surface area (Å²) in [7, 11) is 0. The molecule has 38 heavy (non-hydrogen) atoms. The first-order valence-corrected chi connectivity index (χ1v) is 13.0. The summed E-state index contributed by atoms with van der Waals surface area (Å²) in [6.07, 6.45) is 1.66. The van der Waals surface area contributed by atoms with E-state index < -0.39 is 0 Å². The van der Waals surface area contributed by atoms with Crippen molar-refractivity contribution in [2.45, 2.75) is 6.61 Å². The van der Waals surface area contributed by atoms with Crippen molar-refractivity contribution in [2.24, 2.45) is 5.10 Å². The van der Waals surface area contributed by atoms with Crippen LogP contribution in [0.2, 0.25) is 0 Å². The largest absolute Gasteiger partial charge is 0.488 e. The van der Waals surface area contributed by atoms with E-state index in [1.165, 1.54) is 15.4 Å². The van der Waals surface area contributed by atoms with Gasteiger partial charge in [0.25, 0.3) is 5.56 Å². The molecule has 5 nitrogen and oxygen atoms in total. The molecule has 0 amide bonds. The van der Waals surface area contributed by atoms with Crippen LogP contribution in [0.5, 0.6) is 5.75 Å². The van der Waals surface area contributed by atoms with Crippen molar-refractivity contribution in [3.8, 4) is 17.1 Å². The molecule has 0 unspecified atom stereocenters. The zero-order valence-corrected chi connectivity index (χ0v) is 21.9. The number of benzene rings is 5. The summed E-state index contributed by atoms with van der Waals surface area (Å²) in [5, 5.41) is 7.44. The third-order valence-electron chi connectivity index (χ3n) is 6.33. The van der Waals surface area contributed by atoms with E-state index in [0.717, 1.165) is 26.9 Å². The molecule has 0 radical (unpaired) electrons. The zero-order valence-electron chi connectivity index (χ0n) is 20.3. The van der Waals surface area contributed by atoms with Crippen molar-refractivity contribution in [2.75, 3.05) is 0 Å². The van der Waals surface area contributed by atoms with Gasteiger partial charge in [0.15, 0.2) is 5.82 Å². The molecule has 0 fully saturated rings. The first-order valence-electron chi connectivity index (χ1n) is 12.2. The van der Waals surface area contributed by atoms with Crippen LogP contribution in [0.15, 0.2) is 130 Å². The minimum absolute atomic E-state index is 0.222. The highest BCUT2D eigenvalue weighted by molar-refractivity contribution is 9.10. The second-order valence-corrected chi connectivity index (χ2v) is 9.65. The van der Waals surface area contributed by atoms with Crippen LogP contribution in [0.1, 0.15) is 11.1 Å².